The van der Waals surface area contributed by atoms with E-state index in [9.17, 15) is 9.18 Å². The maximum Gasteiger partial charge on any atom is 0.209 e. The molecule has 1 aromatic carbocycles. The lowest BCUT2D eigenvalue weighted by atomic mass is 9.99. The van der Waals surface area contributed by atoms with E-state index < -0.39 is 11.4 Å². The number of carbonyl (C=O) groups excluding carboxylic acids is 1. The summed E-state index contributed by atoms with van der Waals surface area (Å²) in [7, 11) is 0. The van der Waals surface area contributed by atoms with Crippen LogP contribution in [0.3, 0.4) is 0 Å². The van der Waals surface area contributed by atoms with Crippen molar-refractivity contribution in [2.24, 2.45) is 0 Å². The first-order valence-corrected chi connectivity index (χ1v) is 5.70. The standard InChI is InChI=1S/C11H10BrFO2/c1-11(2)10(14)8-4-7(13)3-6(5-12)9(8)15-11/h3-4H,5H2,1-2H3. The Labute approximate surface area is 95.6 Å². The SMILES string of the molecule is CC1(C)Oc2c(CBr)cc(F)cc2C1=O. The average molecular weight is 273 g/mol. The van der Waals surface area contributed by atoms with Crippen molar-refractivity contribution in [1.29, 1.82) is 0 Å². The molecule has 0 atom stereocenters. The number of alkyl halides is 1. The molecule has 0 fully saturated rings. The largest absolute Gasteiger partial charge is 0.479 e. The van der Waals surface area contributed by atoms with Crippen molar-refractivity contribution < 1.29 is 13.9 Å². The molecule has 2 rings (SSSR count). The molecule has 0 amide bonds. The van der Waals surface area contributed by atoms with E-state index >= 15 is 0 Å². The van der Waals surface area contributed by atoms with E-state index in [2.05, 4.69) is 15.9 Å². The van der Waals surface area contributed by atoms with Crippen LogP contribution in [0.15, 0.2) is 12.1 Å². The molecule has 0 N–H and O–H groups in total. The number of halogens is 2. The van der Waals surface area contributed by atoms with Crippen LogP contribution in [0, 0.1) is 5.82 Å². The van der Waals surface area contributed by atoms with Crippen molar-refractivity contribution in [2.45, 2.75) is 24.8 Å². The normalized spacial score (nSPS) is 17.5. The number of hydrogen-bond acceptors (Lipinski definition) is 2. The Morgan fingerprint density at radius 2 is 2.13 bits per heavy atom. The number of benzene rings is 1. The molecule has 2 nitrogen and oxygen atoms in total. The van der Waals surface area contributed by atoms with Gasteiger partial charge in [-0.25, -0.2) is 4.39 Å². The third kappa shape index (κ3) is 1.57. The molecule has 0 spiro atoms. The molecule has 1 aromatic rings. The molecule has 1 heterocycles. The van der Waals surface area contributed by atoms with E-state index in [1.54, 1.807) is 13.8 Å². The molecule has 0 unspecified atom stereocenters. The number of carbonyl (C=O) groups is 1. The Hall–Kier alpha value is -0.900. The highest BCUT2D eigenvalue weighted by Gasteiger charge is 2.41. The molecule has 0 bridgehead atoms. The van der Waals surface area contributed by atoms with Crippen molar-refractivity contribution in [2.75, 3.05) is 0 Å². The molecule has 80 valence electrons. The maximum atomic E-state index is 13.2. The molecule has 1 aliphatic rings. The van der Waals surface area contributed by atoms with Crippen LogP contribution >= 0.6 is 15.9 Å². The summed E-state index contributed by atoms with van der Waals surface area (Å²) < 4.78 is 18.7. The van der Waals surface area contributed by atoms with E-state index in [-0.39, 0.29) is 5.78 Å². The van der Waals surface area contributed by atoms with Crippen LogP contribution in [0.25, 0.3) is 0 Å². The van der Waals surface area contributed by atoms with E-state index in [1.807, 2.05) is 0 Å². The number of Topliss-reactive ketones (excluding diaryl/α,β-unsaturated/α-hetero) is 1. The Bertz CT molecular complexity index is 440. The highest BCUT2D eigenvalue weighted by Crippen LogP contribution is 2.38. The van der Waals surface area contributed by atoms with Crippen LogP contribution in [0.2, 0.25) is 0 Å². The number of ether oxygens (including phenoxy) is 1. The molecule has 0 radical (unpaired) electrons. The third-order valence-electron chi connectivity index (χ3n) is 2.42. The first-order valence-electron chi connectivity index (χ1n) is 4.58. The summed E-state index contributed by atoms with van der Waals surface area (Å²) in [6.45, 7) is 3.37. The minimum atomic E-state index is -0.882. The van der Waals surface area contributed by atoms with Crippen LogP contribution < -0.4 is 4.74 Å². The monoisotopic (exact) mass is 272 g/mol. The molecule has 1 aliphatic heterocycles. The van der Waals surface area contributed by atoms with Gasteiger partial charge in [-0.1, -0.05) is 15.9 Å². The molecule has 15 heavy (non-hydrogen) atoms. The van der Waals surface area contributed by atoms with Gasteiger partial charge in [0.25, 0.3) is 0 Å². The third-order valence-corrected chi connectivity index (χ3v) is 3.03. The predicted molar refractivity (Wildman–Crippen MR) is 58.1 cm³/mol. The van der Waals surface area contributed by atoms with Gasteiger partial charge in [0.1, 0.15) is 11.6 Å². The summed E-state index contributed by atoms with van der Waals surface area (Å²) in [5.74, 6) is -0.0691. The molecule has 0 saturated heterocycles. The van der Waals surface area contributed by atoms with Gasteiger partial charge in [0.15, 0.2) is 5.60 Å². The van der Waals surface area contributed by atoms with Crippen molar-refractivity contribution >= 4 is 21.7 Å². The molecule has 0 aromatic heterocycles. The summed E-state index contributed by atoms with van der Waals surface area (Å²) in [6, 6.07) is 2.61. The van der Waals surface area contributed by atoms with Crippen LogP contribution in [0.4, 0.5) is 4.39 Å². The minimum absolute atomic E-state index is 0.167. The zero-order valence-corrected chi connectivity index (χ0v) is 10.0. The van der Waals surface area contributed by atoms with Gasteiger partial charge < -0.3 is 4.74 Å². The first-order chi connectivity index (χ1) is 6.95. The lowest BCUT2D eigenvalue weighted by Crippen LogP contribution is -2.32. The number of hydrogen-bond donors (Lipinski definition) is 0. The van der Waals surface area contributed by atoms with Gasteiger partial charge in [-0.05, 0) is 26.0 Å². The second kappa shape index (κ2) is 3.30. The summed E-state index contributed by atoms with van der Waals surface area (Å²) >= 11 is 3.24. The second-order valence-electron chi connectivity index (χ2n) is 4.02. The Balaban J connectivity index is 2.63. The van der Waals surface area contributed by atoms with Gasteiger partial charge in [-0.15, -0.1) is 0 Å². The van der Waals surface area contributed by atoms with E-state index in [0.29, 0.717) is 22.2 Å². The van der Waals surface area contributed by atoms with Crippen LogP contribution in [0.1, 0.15) is 29.8 Å². The molecule has 0 saturated carbocycles. The maximum absolute atomic E-state index is 13.2. The topological polar surface area (TPSA) is 26.3 Å². The number of fused-ring (bicyclic) bond motifs is 1. The fraction of sp³-hybridized carbons (Fsp3) is 0.364. The Kier molecular flexibility index (Phi) is 2.34. The van der Waals surface area contributed by atoms with Gasteiger partial charge in [0.05, 0.1) is 5.56 Å². The fourth-order valence-electron chi connectivity index (χ4n) is 1.66. The summed E-state index contributed by atoms with van der Waals surface area (Å²) in [6.07, 6.45) is 0. The van der Waals surface area contributed by atoms with Crippen LogP contribution in [0.5, 0.6) is 5.75 Å². The Morgan fingerprint density at radius 1 is 1.47 bits per heavy atom. The number of ketones is 1. The zero-order chi connectivity index (χ0) is 11.2. The lowest BCUT2D eigenvalue weighted by Gasteiger charge is -2.15. The Morgan fingerprint density at radius 3 is 2.73 bits per heavy atom. The average Bonchev–Trinajstić information content (AvgIpc) is 2.39. The van der Waals surface area contributed by atoms with Crippen molar-refractivity contribution in [3.8, 4) is 5.75 Å². The highest BCUT2D eigenvalue weighted by molar-refractivity contribution is 9.08. The molecule has 0 aliphatic carbocycles. The van der Waals surface area contributed by atoms with Crippen molar-refractivity contribution in [1.82, 2.24) is 0 Å². The van der Waals surface area contributed by atoms with Gasteiger partial charge >= 0.3 is 0 Å². The van der Waals surface area contributed by atoms with Gasteiger partial charge in [-0.2, -0.15) is 0 Å². The summed E-state index contributed by atoms with van der Waals surface area (Å²) in [5, 5.41) is 0.469. The van der Waals surface area contributed by atoms with Gasteiger partial charge in [-0.3, -0.25) is 4.79 Å². The molecule has 4 heteroatoms. The quantitative estimate of drug-likeness (QED) is 0.735. The number of rotatable bonds is 1. The van der Waals surface area contributed by atoms with Crippen molar-refractivity contribution in [3.63, 3.8) is 0 Å². The second-order valence-corrected chi connectivity index (χ2v) is 4.58. The summed E-state index contributed by atoms with van der Waals surface area (Å²) in [5.41, 5.74) is 0.130. The minimum Gasteiger partial charge on any atom is -0.479 e. The van der Waals surface area contributed by atoms with E-state index in [4.69, 9.17) is 4.74 Å². The van der Waals surface area contributed by atoms with Gasteiger partial charge in [0.2, 0.25) is 5.78 Å². The smallest absolute Gasteiger partial charge is 0.209 e. The molecular weight excluding hydrogens is 263 g/mol. The van der Waals surface area contributed by atoms with E-state index in [1.165, 1.54) is 12.1 Å². The van der Waals surface area contributed by atoms with Gasteiger partial charge in [0, 0.05) is 10.9 Å². The van der Waals surface area contributed by atoms with E-state index in [0.717, 1.165) is 0 Å². The molecular formula is C11H10BrFO2. The highest BCUT2D eigenvalue weighted by atomic mass is 79.9. The summed E-state index contributed by atoms with van der Waals surface area (Å²) in [4.78, 5) is 11.8. The van der Waals surface area contributed by atoms with Crippen molar-refractivity contribution in [3.05, 3.63) is 29.1 Å². The zero-order valence-electron chi connectivity index (χ0n) is 8.43. The van der Waals surface area contributed by atoms with Crippen LogP contribution in [-0.4, -0.2) is 11.4 Å². The van der Waals surface area contributed by atoms with Crippen LogP contribution in [-0.2, 0) is 5.33 Å². The fourth-order valence-corrected chi connectivity index (χ4v) is 2.08. The first kappa shape index (κ1) is 10.6. The lowest BCUT2D eigenvalue weighted by molar-refractivity contribution is 0.0683. The predicted octanol–water partition coefficient (Wildman–Crippen LogP) is 3.07.